The van der Waals surface area contributed by atoms with Crippen molar-refractivity contribution in [1.29, 1.82) is 5.26 Å². The first kappa shape index (κ1) is 21.2. The third kappa shape index (κ3) is 4.89. The highest BCUT2D eigenvalue weighted by Crippen LogP contribution is 2.30. The number of hydrogen-bond donors (Lipinski definition) is 1. The van der Waals surface area contributed by atoms with Crippen LogP contribution in [0.1, 0.15) is 24.0 Å². The molecule has 168 valence electrons. The van der Waals surface area contributed by atoms with Gasteiger partial charge < -0.3 is 10.2 Å². The minimum Gasteiger partial charge on any atom is -0.369 e. The maximum Gasteiger partial charge on any atom is 0.270 e. The maximum atomic E-state index is 11.0. The molecule has 1 aliphatic carbocycles. The Morgan fingerprint density at radius 2 is 1.85 bits per heavy atom. The highest BCUT2D eigenvalue weighted by molar-refractivity contribution is 5.88. The summed E-state index contributed by atoms with van der Waals surface area (Å²) in [5, 5.41) is 24.3. The lowest BCUT2D eigenvalue weighted by Crippen LogP contribution is -2.47. The van der Waals surface area contributed by atoms with E-state index in [1.165, 1.54) is 37.2 Å². The number of pyridine rings is 1. The molecule has 0 amide bonds. The number of hydrogen-bond acceptors (Lipinski definition) is 7. The zero-order valence-electron chi connectivity index (χ0n) is 18.4. The van der Waals surface area contributed by atoms with Crippen molar-refractivity contribution in [2.75, 3.05) is 42.9 Å². The van der Waals surface area contributed by atoms with Crippen LogP contribution in [0.25, 0.3) is 10.9 Å². The number of fused-ring (bicyclic) bond motifs is 1. The van der Waals surface area contributed by atoms with Crippen LogP contribution in [0.2, 0.25) is 0 Å². The number of nitro benzene ring substituents is 1. The molecule has 1 saturated carbocycles. The molecule has 0 unspecified atom stereocenters. The van der Waals surface area contributed by atoms with Crippen molar-refractivity contribution in [2.45, 2.75) is 19.4 Å². The number of nitriles is 1. The van der Waals surface area contributed by atoms with Gasteiger partial charge in [-0.05, 0) is 48.6 Å². The van der Waals surface area contributed by atoms with E-state index in [1.807, 2.05) is 0 Å². The minimum atomic E-state index is -0.468. The minimum absolute atomic E-state index is 0.0501. The van der Waals surface area contributed by atoms with Gasteiger partial charge in [0.25, 0.3) is 5.69 Å². The number of nitrogens with zero attached hydrogens (tertiary/aromatic N) is 5. The van der Waals surface area contributed by atoms with E-state index >= 15 is 0 Å². The molecule has 1 aliphatic heterocycles. The van der Waals surface area contributed by atoms with Gasteiger partial charge in [0.05, 0.1) is 22.1 Å². The fourth-order valence-electron chi connectivity index (χ4n) is 4.38. The number of nitrogens with one attached hydrogen (secondary N) is 1. The van der Waals surface area contributed by atoms with Gasteiger partial charge in [0.15, 0.2) is 0 Å². The summed E-state index contributed by atoms with van der Waals surface area (Å²) in [7, 11) is 0. The summed E-state index contributed by atoms with van der Waals surface area (Å²) in [6.07, 6.45) is 2.82. The molecule has 3 aromatic rings. The molecular weight excluding hydrogens is 416 g/mol. The summed E-state index contributed by atoms with van der Waals surface area (Å²) in [6, 6.07) is 16.7. The molecule has 1 aromatic heterocycles. The van der Waals surface area contributed by atoms with Crippen LogP contribution in [-0.2, 0) is 6.54 Å². The molecule has 5 rings (SSSR count). The van der Waals surface area contributed by atoms with E-state index in [2.05, 4.69) is 50.4 Å². The predicted octanol–water partition coefficient (Wildman–Crippen LogP) is 4.16. The number of rotatable bonds is 7. The van der Waals surface area contributed by atoms with Crippen molar-refractivity contribution >= 4 is 28.1 Å². The highest BCUT2D eigenvalue weighted by atomic mass is 16.6. The molecule has 8 nitrogen and oxygen atoms in total. The van der Waals surface area contributed by atoms with E-state index in [1.54, 1.807) is 12.1 Å². The predicted molar refractivity (Wildman–Crippen MR) is 128 cm³/mol. The zero-order chi connectivity index (χ0) is 22.8. The first-order valence-corrected chi connectivity index (χ1v) is 11.4. The second kappa shape index (κ2) is 9.04. The SMILES string of the molecule is N#Cc1cc(NCc2ccc(N3CCN(CC4CC4)CC3)cc2)nc2ccc([N+](=O)[O-])cc12. The monoisotopic (exact) mass is 442 g/mol. The van der Waals surface area contributed by atoms with Crippen molar-refractivity contribution in [2.24, 2.45) is 5.92 Å². The van der Waals surface area contributed by atoms with E-state index in [4.69, 9.17) is 0 Å². The summed E-state index contributed by atoms with van der Waals surface area (Å²) in [4.78, 5) is 20.1. The van der Waals surface area contributed by atoms with Crippen LogP contribution < -0.4 is 10.2 Å². The molecule has 0 atom stereocenters. The summed E-state index contributed by atoms with van der Waals surface area (Å²) in [5.41, 5.74) is 3.24. The average molecular weight is 443 g/mol. The number of non-ortho nitro benzene ring substituents is 1. The molecule has 0 radical (unpaired) electrons. The van der Waals surface area contributed by atoms with Crippen molar-refractivity contribution in [1.82, 2.24) is 9.88 Å². The van der Waals surface area contributed by atoms with E-state index < -0.39 is 4.92 Å². The lowest BCUT2D eigenvalue weighted by Gasteiger charge is -2.36. The van der Waals surface area contributed by atoms with Crippen LogP contribution in [0.5, 0.6) is 0 Å². The third-order valence-electron chi connectivity index (χ3n) is 6.48. The van der Waals surface area contributed by atoms with Crippen molar-refractivity contribution in [3.63, 3.8) is 0 Å². The molecule has 2 heterocycles. The van der Waals surface area contributed by atoms with Gasteiger partial charge >= 0.3 is 0 Å². The number of piperazine rings is 1. The van der Waals surface area contributed by atoms with Crippen LogP contribution in [-0.4, -0.2) is 47.5 Å². The molecule has 1 N–H and O–H groups in total. The lowest BCUT2D eigenvalue weighted by molar-refractivity contribution is -0.384. The van der Waals surface area contributed by atoms with Gasteiger partial charge in [0.1, 0.15) is 5.82 Å². The Morgan fingerprint density at radius 3 is 2.52 bits per heavy atom. The van der Waals surface area contributed by atoms with Gasteiger partial charge in [-0.25, -0.2) is 4.98 Å². The van der Waals surface area contributed by atoms with Crippen molar-refractivity contribution in [3.8, 4) is 6.07 Å². The molecule has 1 saturated heterocycles. The molecule has 2 aromatic carbocycles. The zero-order valence-corrected chi connectivity index (χ0v) is 18.4. The average Bonchev–Trinajstić information content (AvgIpc) is 3.66. The molecular formula is C25H26N6O2. The summed E-state index contributed by atoms with van der Waals surface area (Å²) < 4.78 is 0. The van der Waals surface area contributed by atoms with E-state index in [0.29, 0.717) is 28.8 Å². The Balaban J connectivity index is 1.22. The number of benzene rings is 2. The number of nitro groups is 1. The highest BCUT2D eigenvalue weighted by Gasteiger charge is 2.26. The van der Waals surface area contributed by atoms with Gasteiger partial charge in [-0.1, -0.05) is 12.1 Å². The molecule has 2 aliphatic rings. The van der Waals surface area contributed by atoms with E-state index in [-0.39, 0.29) is 5.69 Å². The van der Waals surface area contributed by atoms with Gasteiger partial charge in [0, 0.05) is 62.5 Å². The van der Waals surface area contributed by atoms with Gasteiger partial charge in [0.2, 0.25) is 0 Å². The number of aromatic nitrogens is 1. The lowest BCUT2D eigenvalue weighted by atomic mass is 10.1. The Kier molecular flexibility index (Phi) is 5.80. The quantitative estimate of drug-likeness (QED) is 0.433. The van der Waals surface area contributed by atoms with E-state index in [0.717, 1.165) is 37.7 Å². The van der Waals surface area contributed by atoms with Crippen LogP contribution in [0.4, 0.5) is 17.2 Å². The summed E-state index contributed by atoms with van der Waals surface area (Å²) >= 11 is 0. The Hall–Kier alpha value is -3.70. The largest absolute Gasteiger partial charge is 0.369 e. The molecule has 33 heavy (non-hydrogen) atoms. The van der Waals surface area contributed by atoms with Crippen LogP contribution in [0, 0.1) is 27.4 Å². The fourth-order valence-corrected chi connectivity index (χ4v) is 4.38. The second-order valence-electron chi connectivity index (χ2n) is 8.88. The third-order valence-corrected chi connectivity index (χ3v) is 6.48. The van der Waals surface area contributed by atoms with Crippen molar-refractivity contribution < 1.29 is 4.92 Å². The van der Waals surface area contributed by atoms with Crippen LogP contribution in [0.3, 0.4) is 0 Å². The van der Waals surface area contributed by atoms with Crippen LogP contribution in [0.15, 0.2) is 48.5 Å². The van der Waals surface area contributed by atoms with Gasteiger partial charge in [-0.2, -0.15) is 5.26 Å². The standard InChI is InChI=1S/C25H26N6O2/c26-15-20-13-25(28-24-8-7-22(31(32)33)14-23(20)24)27-16-18-3-5-21(6-4-18)30-11-9-29(10-12-30)17-19-1-2-19/h3-8,13-14,19H,1-2,9-12,16-17H2,(H,27,28). The summed E-state index contributed by atoms with van der Waals surface area (Å²) in [6.45, 7) is 6.26. The van der Waals surface area contributed by atoms with Crippen molar-refractivity contribution in [3.05, 3.63) is 69.8 Å². The number of anilines is 2. The molecule has 0 spiro atoms. The smallest absolute Gasteiger partial charge is 0.270 e. The second-order valence-corrected chi connectivity index (χ2v) is 8.88. The maximum absolute atomic E-state index is 11.0. The first-order valence-electron chi connectivity index (χ1n) is 11.4. The molecule has 2 fully saturated rings. The molecule has 8 heteroatoms. The van der Waals surface area contributed by atoms with Crippen LogP contribution >= 0.6 is 0 Å². The topological polar surface area (TPSA) is 98.3 Å². The van der Waals surface area contributed by atoms with E-state index in [9.17, 15) is 15.4 Å². The van der Waals surface area contributed by atoms with Gasteiger partial charge in [-0.3, -0.25) is 15.0 Å². The summed E-state index contributed by atoms with van der Waals surface area (Å²) in [5.74, 6) is 1.52. The first-order chi connectivity index (χ1) is 16.1. The normalized spacial score (nSPS) is 16.5. The molecule has 0 bridgehead atoms. The Bertz CT molecular complexity index is 1210. The Labute approximate surface area is 192 Å². The Morgan fingerprint density at radius 1 is 1.09 bits per heavy atom. The van der Waals surface area contributed by atoms with Gasteiger partial charge in [-0.15, -0.1) is 0 Å². The fraction of sp³-hybridized carbons (Fsp3) is 0.360.